The van der Waals surface area contributed by atoms with Gasteiger partial charge in [0.2, 0.25) is 0 Å². The molecule has 22 heavy (non-hydrogen) atoms. The normalized spacial score (nSPS) is 13.2. The zero-order valence-electron chi connectivity index (χ0n) is 13.4. The van der Waals surface area contributed by atoms with Crippen LogP contribution in [-0.2, 0) is 22.8 Å². The maximum atomic E-state index is 12.0. The lowest BCUT2D eigenvalue weighted by molar-refractivity contribution is 0.594. The third-order valence-corrected chi connectivity index (χ3v) is 5.64. The Hall–Kier alpha value is -1.69. The molecule has 0 saturated carbocycles. The number of aryl methyl sites for hydroxylation is 1. The highest BCUT2D eigenvalue weighted by Crippen LogP contribution is 2.22. The van der Waals surface area contributed by atoms with Crippen LogP contribution in [0.4, 0.5) is 0 Å². The molecule has 0 aliphatic rings. The third-order valence-electron chi connectivity index (χ3n) is 3.71. The van der Waals surface area contributed by atoms with Crippen LogP contribution < -0.4 is 0 Å². The number of rotatable bonds is 7. The Balaban J connectivity index is 2.09. The molecular weight excluding hydrogens is 298 g/mol. The first-order valence-corrected chi connectivity index (χ1v) is 9.33. The predicted molar refractivity (Wildman–Crippen MR) is 86.6 cm³/mol. The van der Waals surface area contributed by atoms with E-state index in [0.29, 0.717) is 11.3 Å². The Kier molecular flexibility index (Phi) is 5.34. The summed E-state index contributed by atoms with van der Waals surface area (Å²) in [5.74, 6) is 0.465. The van der Waals surface area contributed by atoms with Crippen LogP contribution in [0.3, 0.4) is 0 Å². The van der Waals surface area contributed by atoms with E-state index in [4.69, 9.17) is 0 Å². The zero-order valence-corrected chi connectivity index (χ0v) is 14.2. The highest BCUT2D eigenvalue weighted by molar-refractivity contribution is 7.91. The second-order valence-corrected chi connectivity index (χ2v) is 7.67. The first-order valence-electron chi connectivity index (χ1n) is 7.68. The average molecular weight is 321 g/mol. The highest BCUT2D eigenvalue weighted by atomic mass is 32.2. The summed E-state index contributed by atoms with van der Waals surface area (Å²) in [5, 5.41) is 8.19. The molecule has 0 N–H and O–H groups in total. The van der Waals surface area contributed by atoms with Crippen molar-refractivity contribution < 1.29 is 8.42 Å². The second kappa shape index (κ2) is 7.05. The molecule has 0 radical (unpaired) electrons. The van der Waals surface area contributed by atoms with Gasteiger partial charge in [-0.05, 0) is 43.4 Å². The van der Waals surface area contributed by atoms with Crippen molar-refractivity contribution in [3.63, 3.8) is 0 Å². The van der Waals surface area contributed by atoms with E-state index in [-0.39, 0.29) is 11.7 Å². The molecule has 0 saturated heterocycles. The summed E-state index contributed by atoms with van der Waals surface area (Å²) in [4.78, 5) is 0.405. The maximum Gasteiger partial charge on any atom is 0.178 e. The highest BCUT2D eigenvalue weighted by Gasteiger charge is 2.14. The molecule has 0 fully saturated rings. The molecule has 0 spiro atoms. The van der Waals surface area contributed by atoms with Crippen LogP contribution in [0.5, 0.6) is 0 Å². The van der Waals surface area contributed by atoms with Crippen molar-refractivity contribution in [3.05, 3.63) is 41.7 Å². The third kappa shape index (κ3) is 3.94. The summed E-state index contributed by atoms with van der Waals surface area (Å²) in [6.07, 6.45) is 3.38. The molecule has 120 valence electrons. The molecular formula is C16H23N3O2S. The number of nitrogens with zero attached hydrogens (tertiary/aromatic N) is 3. The van der Waals surface area contributed by atoms with Crippen molar-refractivity contribution >= 4 is 9.84 Å². The molecule has 0 amide bonds. The van der Waals surface area contributed by atoms with Crippen molar-refractivity contribution in [3.8, 4) is 0 Å². The molecule has 6 heteroatoms. The Bertz CT molecular complexity index is 705. The molecule has 1 atom stereocenters. The van der Waals surface area contributed by atoms with Crippen LogP contribution in [0.2, 0.25) is 0 Å². The largest absolute Gasteiger partial charge is 0.253 e. The van der Waals surface area contributed by atoms with Crippen molar-refractivity contribution in [2.24, 2.45) is 0 Å². The zero-order chi connectivity index (χ0) is 16.2. The Labute approximate surface area is 132 Å². The predicted octanol–water partition coefficient (Wildman–Crippen LogP) is 2.83. The van der Waals surface area contributed by atoms with E-state index in [1.54, 1.807) is 12.1 Å². The summed E-state index contributed by atoms with van der Waals surface area (Å²) in [5.41, 5.74) is 2.07. The van der Waals surface area contributed by atoms with Gasteiger partial charge >= 0.3 is 0 Å². The number of aromatic nitrogens is 3. The van der Waals surface area contributed by atoms with E-state index in [1.807, 2.05) is 36.9 Å². The van der Waals surface area contributed by atoms with Gasteiger partial charge in [0.1, 0.15) is 0 Å². The molecule has 2 rings (SSSR count). The molecule has 2 aromatic rings. The standard InChI is InChI=1S/C16H23N3O2S/c1-4-10-22(20,21)16-8-6-14(7-9-16)13(3)11-15-12-19(5-2)18-17-15/h6-9,12-13H,4-5,10-11H2,1-3H3. The van der Waals surface area contributed by atoms with Gasteiger partial charge in [-0.1, -0.05) is 31.2 Å². The van der Waals surface area contributed by atoms with E-state index in [2.05, 4.69) is 17.2 Å². The fourth-order valence-corrected chi connectivity index (χ4v) is 3.73. The minimum Gasteiger partial charge on any atom is -0.253 e. The summed E-state index contributed by atoms with van der Waals surface area (Å²) in [6, 6.07) is 7.22. The topological polar surface area (TPSA) is 64.8 Å². The van der Waals surface area contributed by atoms with Gasteiger partial charge in [-0.25, -0.2) is 8.42 Å². The van der Waals surface area contributed by atoms with Gasteiger partial charge in [-0.15, -0.1) is 5.10 Å². The first kappa shape index (κ1) is 16.7. The summed E-state index contributed by atoms with van der Waals surface area (Å²) in [7, 11) is -3.14. The van der Waals surface area contributed by atoms with E-state index in [0.717, 1.165) is 24.2 Å². The van der Waals surface area contributed by atoms with E-state index >= 15 is 0 Å². The van der Waals surface area contributed by atoms with Gasteiger partial charge in [-0.3, -0.25) is 4.68 Å². The van der Waals surface area contributed by atoms with Crippen LogP contribution in [-0.4, -0.2) is 29.2 Å². The van der Waals surface area contributed by atoms with Crippen molar-refractivity contribution in [1.29, 1.82) is 0 Å². The van der Waals surface area contributed by atoms with Crippen molar-refractivity contribution in [1.82, 2.24) is 15.0 Å². The molecule has 0 bridgehead atoms. The maximum absolute atomic E-state index is 12.0. The number of sulfone groups is 1. The van der Waals surface area contributed by atoms with Crippen molar-refractivity contribution in [2.45, 2.75) is 51.0 Å². The average Bonchev–Trinajstić information content (AvgIpc) is 2.95. The fourth-order valence-electron chi connectivity index (χ4n) is 2.41. The molecule has 1 aromatic heterocycles. The number of hydrogen-bond donors (Lipinski definition) is 0. The first-order chi connectivity index (χ1) is 10.5. The van der Waals surface area contributed by atoms with Crippen LogP contribution in [0, 0.1) is 0 Å². The van der Waals surface area contributed by atoms with Crippen LogP contribution in [0.1, 0.15) is 44.4 Å². The van der Waals surface area contributed by atoms with Gasteiger partial charge < -0.3 is 0 Å². The molecule has 5 nitrogen and oxygen atoms in total. The monoisotopic (exact) mass is 321 g/mol. The fraction of sp³-hybridized carbons (Fsp3) is 0.500. The molecule has 0 aliphatic heterocycles. The Morgan fingerprint density at radius 3 is 2.41 bits per heavy atom. The molecule has 1 aromatic carbocycles. The minimum atomic E-state index is -3.14. The summed E-state index contributed by atoms with van der Waals surface area (Å²) >= 11 is 0. The SMILES string of the molecule is CCCS(=O)(=O)c1ccc(C(C)Cc2cn(CC)nn2)cc1. The lowest BCUT2D eigenvalue weighted by Gasteiger charge is -2.11. The quantitative estimate of drug-likeness (QED) is 0.786. The van der Waals surface area contributed by atoms with Gasteiger partial charge in [0, 0.05) is 12.7 Å². The number of benzene rings is 1. The molecule has 1 unspecified atom stereocenters. The van der Waals surface area contributed by atoms with Crippen LogP contribution >= 0.6 is 0 Å². The summed E-state index contributed by atoms with van der Waals surface area (Å²) in [6.45, 7) is 6.82. The minimum absolute atomic E-state index is 0.196. The van der Waals surface area contributed by atoms with Crippen LogP contribution in [0.15, 0.2) is 35.4 Å². The second-order valence-electron chi connectivity index (χ2n) is 5.56. The van der Waals surface area contributed by atoms with E-state index < -0.39 is 9.84 Å². The molecule has 0 aliphatic carbocycles. The van der Waals surface area contributed by atoms with Gasteiger partial charge in [0.15, 0.2) is 9.84 Å². The van der Waals surface area contributed by atoms with Crippen LogP contribution in [0.25, 0.3) is 0 Å². The Morgan fingerprint density at radius 1 is 1.18 bits per heavy atom. The lowest BCUT2D eigenvalue weighted by atomic mass is 9.97. The number of hydrogen-bond acceptors (Lipinski definition) is 4. The lowest BCUT2D eigenvalue weighted by Crippen LogP contribution is -2.06. The van der Waals surface area contributed by atoms with Gasteiger partial charge in [0.25, 0.3) is 0 Å². The smallest absolute Gasteiger partial charge is 0.178 e. The van der Waals surface area contributed by atoms with Gasteiger partial charge in [0.05, 0.1) is 16.3 Å². The van der Waals surface area contributed by atoms with E-state index in [1.165, 1.54) is 0 Å². The van der Waals surface area contributed by atoms with Gasteiger partial charge in [-0.2, -0.15) is 0 Å². The van der Waals surface area contributed by atoms with E-state index in [9.17, 15) is 8.42 Å². The Morgan fingerprint density at radius 2 is 1.86 bits per heavy atom. The van der Waals surface area contributed by atoms with Crippen molar-refractivity contribution in [2.75, 3.05) is 5.75 Å². The molecule has 1 heterocycles. The summed E-state index contributed by atoms with van der Waals surface area (Å²) < 4.78 is 25.8.